The van der Waals surface area contributed by atoms with Crippen LogP contribution in [0.5, 0.6) is 17.2 Å². The van der Waals surface area contributed by atoms with Gasteiger partial charge in [0.05, 0.1) is 11.7 Å². The smallest absolute Gasteiger partial charge is 0.344 e. The Labute approximate surface area is 173 Å². The Balaban J connectivity index is 1.69. The second-order valence-corrected chi connectivity index (χ2v) is 7.23. The SMILES string of the molecule is Cc1c(-c2ccc3c(c2)OCCO3)c(=O)oc2ccc(OCC(=O)OC(C)C)cc12. The minimum atomic E-state index is -0.446. The summed E-state index contributed by atoms with van der Waals surface area (Å²) in [6.07, 6.45) is -0.206. The highest BCUT2D eigenvalue weighted by Gasteiger charge is 2.18. The molecule has 0 bridgehead atoms. The number of benzene rings is 2. The Kier molecular flexibility index (Phi) is 5.35. The van der Waals surface area contributed by atoms with E-state index in [9.17, 15) is 9.59 Å². The highest BCUT2D eigenvalue weighted by atomic mass is 16.6. The number of ether oxygens (including phenoxy) is 4. The first kappa shape index (κ1) is 19.8. The fourth-order valence-electron chi connectivity index (χ4n) is 3.39. The Bertz CT molecular complexity index is 1160. The molecule has 7 nitrogen and oxygen atoms in total. The maximum absolute atomic E-state index is 12.7. The lowest BCUT2D eigenvalue weighted by Crippen LogP contribution is -2.18. The summed E-state index contributed by atoms with van der Waals surface area (Å²) in [6, 6.07) is 10.4. The van der Waals surface area contributed by atoms with Gasteiger partial charge in [0, 0.05) is 5.39 Å². The summed E-state index contributed by atoms with van der Waals surface area (Å²) in [6.45, 7) is 6.16. The van der Waals surface area contributed by atoms with Gasteiger partial charge in [-0.3, -0.25) is 0 Å². The summed E-state index contributed by atoms with van der Waals surface area (Å²) in [5.41, 5.74) is 1.87. The van der Waals surface area contributed by atoms with Gasteiger partial charge in [-0.1, -0.05) is 6.07 Å². The van der Waals surface area contributed by atoms with Crippen molar-refractivity contribution in [3.8, 4) is 28.4 Å². The first-order chi connectivity index (χ1) is 14.4. The highest BCUT2D eigenvalue weighted by molar-refractivity contribution is 5.88. The fourth-order valence-corrected chi connectivity index (χ4v) is 3.39. The van der Waals surface area contributed by atoms with E-state index in [0.717, 1.165) is 5.56 Å². The lowest BCUT2D eigenvalue weighted by molar-refractivity contribution is -0.149. The van der Waals surface area contributed by atoms with Gasteiger partial charge in [0.2, 0.25) is 0 Å². The van der Waals surface area contributed by atoms with E-state index in [2.05, 4.69) is 0 Å². The predicted molar refractivity (Wildman–Crippen MR) is 110 cm³/mol. The van der Waals surface area contributed by atoms with Crippen LogP contribution in [-0.2, 0) is 9.53 Å². The molecule has 4 rings (SSSR count). The molecule has 0 radical (unpaired) electrons. The number of carbonyl (C=O) groups is 1. The second kappa shape index (κ2) is 8.10. The average Bonchev–Trinajstić information content (AvgIpc) is 2.72. The van der Waals surface area contributed by atoms with Crippen LogP contribution in [-0.4, -0.2) is 31.9 Å². The van der Waals surface area contributed by atoms with Crippen LogP contribution >= 0.6 is 0 Å². The predicted octanol–water partition coefficient (Wildman–Crippen LogP) is 3.87. The summed E-state index contributed by atoms with van der Waals surface area (Å²) < 4.78 is 27.3. The van der Waals surface area contributed by atoms with E-state index in [1.54, 1.807) is 50.2 Å². The molecule has 2 aromatic carbocycles. The van der Waals surface area contributed by atoms with Crippen LogP contribution in [0, 0.1) is 6.92 Å². The molecular weight excluding hydrogens is 388 g/mol. The molecule has 0 saturated heterocycles. The maximum atomic E-state index is 12.7. The lowest BCUT2D eigenvalue weighted by atomic mass is 9.99. The number of hydrogen-bond acceptors (Lipinski definition) is 7. The van der Waals surface area contributed by atoms with Crippen molar-refractivity contribution >= 4 is 16.9 Å². The molecule has 2 heterocycles. The summed E-state index contributed by atoms with van der Waals surface area (Å²) in [5.74, 6) is 1.28. The zero-order valence-electron chi connectivity index (χ0n) is 17.0. The molecule has 0 aliphatic carbocycles. The summed E-state index contributed by atoms with van der Waals surface area (Å²) in [7, 11) is 0. The average molecular weight is 410 g/mol. The molecule has 1 aliphatic rings. The van der Waals surface area contributed by atoms with Gasteiger partial charge in [0.15, 0.2) is 18.1 Å². The molecule has 1 aromatic heterocycles. The van der Waals surface area contributed by atoms with Gasteiger partial charge in [-0.05, 0) is 62.2 Å². The number of esters is 1. The van der Waals surface area contributed by atoms with Crippen molar-refractivity contribution in [3.05, 3.63) is 52.4 Å². The molecule has 0 saturated carbocycles. The quantitative estimate of drug-likeness (QED) is 0.466. The third-order valence-corrected chi connectivity index (χ3v) is 4.69. The van der Waals surface area contributed by atoms with Crippen molar-refractivity contribution in [2.45, 2.75) is 26.9 Å². The van der Waals surface area contributed by atoms with Crippen molar-refractivity contribution in [2.75, 3.05) is 19.8 Å². The molecule has 156 valence electrons. The van der Waals surface area contributed by atoms with E-state index in [4.69, 9.17) is 23.4 Å². The Morgan fingerprint density at radius 2 is 1.83 bits per heavy atom. The lowest BCUT2D eigenvalue weighted by Gasteiger charge is -2.19. The van der Waals surface area contributed by atoms with Gasteiger partial charge in [-0.2, -0.15) is 0 Å². The Morgan fingerprint density at radius 3 is 2.60 bits per heavy atom. The van der Waals surface area contributed by atoms with Crippen LogP contribution < -0.4 is 19.8 Å². The van der Waals surface area contributed by atoms with Gasteiger partial charge < -0.3 is 23.4 Å². The van der Waals surface area contributed by atoms with Crippen molar-refractivity contribution < 1.29 is 28.2 Å². The molecule has 1 aliphatic heterocycles. The van der Waals surface area contributed by atoms with E-state index < -0.39 is 11.6 Å². The summed E-state index contributed by atoms with van der Waals surface area (Å²) in [5, 5.41) is 0.717. The van der Waals surface area contributed by atoms with Crippen molar-refractivity contribution in [1.29, 1.82) is 0 Å². The largest absolute Gasteiger partial charge is 0.486 e. The van der Waals surface area contributed by atoms with Gasteiger partial charge in [0.1, 0.15) is 24.5 Å². The number of fused-ring (bicyclic) bond motifs is 2. The Morgan fingerprint density at radius 1 is 1.07 bits per heavy atom. The molecule has 3 aromatic rings. The molecule has 0 spiro atoms. The van der Waals surface area contributed by atoms with Crippen LogP contribution in [0.4, 0.5) is 0 Å². The van der Waals surface area contributed by atoms with Crippen LogP contribution in [0.2, 0.25) is 0 Å². The van der Waals surface area contributed by atoms with Gasteiger partial charge >= 0.3 is 11.6 Å². The molecule has 0 unspecified atom stereocenters. The van der Waals surface area contributed by atoms with Crippen LogP contribution in [0.1, 0.15) is 19.4 Å². The standard InChI is InChI=1S/C23H22O7/c1-13(2)29-21(24)12-28-16-5-7-18-17(11-16)14(3)22(23(25)30-18)15-4-6-19-20(10-15)27-9-8-26-19/h4-7,10-11,13H,8-9,12H2,1-3H3. The summed E-state index contributed by atoms with van der Waals surface area (Å²) >= 11 is 0. The van der Waals surface area contributed by atoms with Crippen molar-refractivity contribution in [2.24, 2.45) is 0 Å². The highest BCUT2D eigenvalue weighted by Crippen LogP contribution is 2.36. The monoisotopic (exact) mass is 410 g/mol. The van der Waals surface area contributed by atoms with Gasteiger partial charge in [0.25, 0.3) is 0 Å². The molecule has 30 heavy (non-hydrogen) atoms. The van der Waals surface area contributed by atoms with Gasteiger partial charge in [-0.15, -0.1) is 0 Å². The molecule has 0 amide bonds. The molecular formula is C23H22O7. The van der Waals surface area contributed by atoms with Crippen LogP contribution in [0.25, 0.3) is 22.1 Å². The zero-order valence-corrected chi connectivity index (χ0v) is 17.0. The summed E-state index contributed by atoms with van der Waals surface area (Å²) in [4.78, 5) is 24.4. The zero-order chi connectivity index (χ0) is 21.3. The second-order valence-electron chi connectivity index (χ2n) is 7.23. The van der Waals surface area contributed by atoms with E-state index in [0.29, 0.717) is 52.6 Å². The van der Waals surface area contributed by atoms with Crippen molar-refractivity contribution in [1.82, 2.24) is 0 Å². The number of rotatable bonds is 5. The molecule has 0 N–H and O–H groups in total. The fraction of sp³-hybridized carbons (Fsp3) is 0.304. The van der Waals surface area contributed by atoms with Crippen LogP contribution in [0.15, 0.2) is 45.6 Å². The third-order valence-electron chi connectivity index (χ3n) is 4.69. The van der Waals surface area contributed by atoms with E-state index in [-0.39, 0.29) is 12.7 Å². The normalized spacial score (nSPS) is 12.8. The van der Waals surface area contributed by atoms with E-state index in [1.165, 1.54) is 0 Å². The molecule has 0 atom stereocenters. The van der Waals surface area contributed by atoms with Crippen LogP contribution in [0.3, 0.4) is 0 Å². The first-order valence-corrected chi connectivity index (χ1v) is 9.72. The maximum Gasteiger partial charge on any atom is 0.344 e. The van der Waals surface area contributed by atoms with Gasteiger partial charge in [-0.25, -0.2) is 9.59 Å². The molecule has 7 heteroatoms. The topological polar surface area (TPSA) is 84.2 Å². The Hall–Kier alpha value is -3.48. The minimum Gasteiger partial charge on any atom is -0.486 e. The first-order valence-electron chi connectivity index (χ1n) is 9.72. The number of carbonyl (C=O) groups excluding carboxylic acids is 1. The van der Waals surface area contributed by atoms with E-state index in [1.807, 2.05) is 6.92 Å². The molecule has 0 fully saturated rings. The number of aryl methyl sites for hydroxylation is 1. The minimum absolute atomic E-state index is 0.200. The van der Waals surface area contributed by atoms with E-state index >= 15 is 0 Å². The third kappa shape index (κ3) is 3.96. The number of hydrogen-bond donors (Lipinski definition) is 0. The van der Waals surface area contributed by atoms with Crippen molar-refractivity contribution in [3.63, 3.8) is 0 Å².